The van der Waals surface area contributed by atoms with Crippen LogP contribution in [0.3, 0.4) is 0 Å². The number of nitrogens with zero attached hydrogens (tertiary/aromatic N) is 2. The van der Waals surface area contributed by atoms with Crippen LogP contribution in [0.5, 0.6) is 0 Å². The lowest BCUT2D eigenvalue weighted by Gasteiger charge is -2.21. The summed E-state index contributed by atoms with van der Waals surface area (Å²) in [6.07, 6.45) is 2.51. The van der Waals surface area contributed by atoms with Crippen LogP contribution in [0.15, 0.2) is 47.4 Å². The minimum absolute atomic E-state index is 0.0407. The van der Waals surface area contributed by atoms with Gasteiger partial charge in [0.2, 0.25) is 10.0 Å². The molecule has 1 amide bonds. The summed E-state index contributed by atoms with van der Waals surface area (Å²) in [7, 11) is -3.44. The normalized spacial score (nSPS) is 17.6. The third kappa shape index (κ3) is 3.71. The van der Waals surface area contributed by atoms with Gasteiger partial charge in [0.15, 0.2) is 0 Å². The summed E-state index contributed by atoms with van der Waals surface area (Å²) < 4.78 is 27.2. The van der Waals surface area contributed by atoms with Gasteiger partial charge in [-0.05, 0) is 66.1 Å². The number of benzene rings is 2. The quantitative estimate of drug-likeness (QED) is 0.766. The monoisotopic (exact) mass is 412 g/mol. The molecule has 2 aromatic rings. The fourth-order valence-electron chi connectivity index (χ4n) is 4.10. The van der Waals surface area contributed by atoms with Gasteiger partial charge in [0, 0.05) is 30.9 Å². The number of anilines is 1. The molecule has 0 aromatic heterocycles. The van der Waals surface area contributed by atoms with Crippen molar-refractivity contribution in [1.82, 2.24) is 4.31 Å². The van der Waals surface area contributed by atoms with Gasteiger partial charge < -0.3 is 4.90 Å². The smallest absolute Gasteiger partial charge is 0.258 e. The zero-order valence-electron chi connectivity index (χ0n) is 17.3. The molecule has 2 aliphatic rings. The van der Waals surface area contributed by atoms with Crippen LogP contribution in [0.2, 0.25) is 0 Å². The Balaban J connectivity index is 1.58. The average Bonchev–Trinajstić information content (AvgIpc) is 3.36. The summed E-state index contributed by atoms with van der Waals surface area (Å²) in [4.78, 5) is 15.2. The molecule has 0 spiro atoms. The van der Waals surface area contributed by atoms with Gasteiger partial charge in [-0.3, -0.25) is 4.79 Å². The Bertz CT molecular complexity index is 1030. The van der Waals surface area contributed by atoms with E-state index in [1.165, 1.54) is 5.56 Å². The highest BCUT2D eigenvalue weighted by Crippen LogP contribution is 2.33. The van der Waals surface area contributed by atoms with Crippen molar-refractivity contribution >= 4 is 21.6 Å². The Hall–Kier alpha value is -2.18. The Labute approximate surface area is 173 Å². The molecule has 0 aliphatic carbocycles. The van der Waals surface area contributed by atoms with Crippen molar-refractivity contribution in [3.63, 3.8) is 0 Å². The van der Waals surface area contributed by atoms with Crippen LogP contribution in [0.1, 0.15) is 55.1 Å². The first-order valence-electron chi connectivity index (χ1n) is 10.2. The van der Waals surface area contributed by atoms with Crippen molar-refractivity contribution in [2.24, 2.45) is 0 Å². The summed E-state index contributed by atoms with van der Waals surface area (Å²) in [6, 6.07) is 13.0. The van der Waals surface area contributed by atoms with Crippen molar-refractivity contribution in [1.29, 1.82) is 0 Å². The highest BCUT2D eigenvalue weighted by Gasteiger charge is 2.31. The van der Waals surface area contributed by atoms with Gasteiger partial charge in [0.05, 0.1) is 4.90 Å². The van der Waals surface area contributed by atoms with Crippen molar-refractivity contribution < 1.29 is 13.2 Å². The van der Waals surface area contributed by atoms with Crippen LogP contribution >= 0.6 is 0 Å². The number of hydrogen-bond acceptors (Lipinski definition) is 3. The number of hydrogen-bond donors (Lipinski definition) is 0. The maximum absolute atomic E-state index is 13.1. The number of carbonyl (C=O) groups excluding carboxylic acids is 1. The lowest BCUT2D eigenvalue weighted by molar-refractivity contribution is 0.0989. The van der Waals surface area contributed by atoms with E-state index >= 15 is 0 Å². The summed E-state index contributed by atoms with van der Waals surface area (Å²) in [5.74, 6) is -0.0423. The molecule has 2 heterocycles. The third-order valence-electron chi connectivity index (χ3n) is 5.89. The van der Waals surface area contributed by atoms with E-state index in [4.69, 9.17) is 0 Å². The molecule has 6 heteroatoms. The highest BCUT2D eigenvalue weighted by atomic mass is 32.2. The van der Waals surface area contributed by atoms with E-state index in [9.17, 15) is 13.2 Å². The first kappa shape index (κ1) is 20.1. The fraction of sp³-hybridized carbons (Fsp3) is 0.435. The molecule has 1 fully saturated rings. The number of carbonyl (C=O) groups is 1. The first-order valence-corrected chi connectivity index (χ1v) is 11.7. The zero-order valence-corrected chi connectivity index (χ0v) is 18.1. The SMILES string of the molecule is CC(C)(C)c1ccc(C(=O)N2CCc3cc(S(=O)(=O)N4CCCC4)ccc32)cc1. The van der Waals surface area contributed by atoms with Gasteiger partial charge in [-0.15, -0.1) is 0 Å². The summed E-state index contributed by atoms with van der Waals surface area (Å²) in [5.41, 5.74) is 3.62. The van der Waals surface area contributed by atoms with Gasteiger partial charge >= 0.3 is 0 Å². The number of sulfonamides is 1. The molecule has 1 saturated heterocycles. The molecule has 0 saturated carbocycles. The molecule has 2 aliphatic heterocycles. The van der Waals surface area contributed by atoms with Gasteiger partial charge in [0.1, 0.15) is 0 Å². The van der Waals surface area contributed by atoms with Crippen LogP contribution < -0.4 is 4.90 Å². The second-order valence-corrected chi connectivity index (χ2v) is 10.9. The molecular formula is C23H28N2O3S. The topological polar surface area (TPSA) is 57.7 Å². The van der Waals surface area contributed by atoms with Crippen molar-refractivity contribution in [3.8, 4) is 0 Å². The van der Waals surface area contributed by atoms with Crippen LogP contribution in [-0.2, 0) is 21.9 Å². The molecule has 0 radical (unpaired) electrons. The molecular weight excluding hydrogens is 384 g/mol. The van der Waals surface area contributed by atoms with E-state index in [-0.39, 0.29) is 11.3 Å². The summed E-state index contributed by atoms with van der Waals surface area (Å²) >= 11 is 0. The lowest BCUT2D eigenvalue weighted by atomic mass is 9.86. The van der Waals surface area contributed by atoms with E-state index in [2.05, 4.69) is 20.8 Å². The maximum Gasteiger partial charge on any atom is 0.258 e. The van der Waals surface area contributed by atoms with Gasteiger partial charge in [-0.1, -0.05) is 32.9 Å². The molecule has 2 aromatic carbocycles. The van der Waals surface area contributed by atoms with E-state index < -0.39 is 10.0 Å². The average molecular weight is 413 g/mol. The molecule has 0 unspecified atom stereocenters. The summed E-state index contributed by atoms with van der Waals surface area (Å²) in [5, 5.41) is 0. The van der Waals surface area contributed by atoms with E-state index in [1.807, 2.05) is 24.3 Å². The second kappa shape index (κ2) is 7.26. The van der Waals surface area contributed by atoms with Crippen molar-refractivity contribution in [3.05, 3.63) is 59.2 Å². The number of rotatable bonds is 3. The fourth-order valence-corrected chi connectivity index (χ4v) is 5.66. The Morgan fingerprint density at radius 2 is 1.59 bits per heavy atom. The van der Waals surface area contributed by atoms with Crippen molar-refractivity contribution in [2.75, 3.05) is 24.5 Å². The Kier molecular flexibility index (Phi) is 5.03. The highest BCUT2D eigenvalue weighted by molar-refractivity contribution is 7.89. The molecule has 0 N–H and O–H groups in total. The first-order chi connectivity index (χ1) is 13.7. The van der Waals surface area contributed by atoms with Gasteiger partial charge in [-0.25, -0.2) is 8.42 Å². The Morgan fingerprint density at radius 1 is 0.931 bits per heavy atom. The van der Waals surface area contributed by atoms with Crippen LogP contribution in [0, 0.1) is 0 Å². The minimum Gasteiger partial charge on any atom is -0.308 e. The van der Waals surface area contributed by atoms with E-state index in [1.54, 1.807) is 27.4 Å². The molecule has 4 rings (SSSR count). The van der Waals surface area contributed by atoms with E-state index in [0.29, 0.717) is 36.5 Å². The molecule has 154 valence electrons. The summed E-state index contributed by atoms with van der Waals surface area (Å²) in [6.45, 7) is 8.20. The second-order valence-electron chi connectivity index (χ2n) is 8.94. The number of amides is 1. The van der Waals surface area contributed by atoms with Gasteiger partial charge in [0.25, 0.3) is 5.91 Å². The van der Waals surface area contributed by atoms with Crippen molar-refractivity contribution in [2.45, 2.75) is 50.3 Å². The van der Waals surface area contributed by atoms with Gasteiger partial charge in [-0.2, -0.15) is 4.31 Å². The van der Waals surface area contributed by atoms with E-state index in [0.717, 1.165) is 24.1 Å². The molecule has 29 heavy (non-hydrogen) atoms. The molecule has 5 nitrogen and oxygen atoms in total. The largest absolute Gasteiger partial charge is 0.308 e. The predicted octanol–water partition coefficient (Wildman–Crippen LogP) is 3.97. The minimum atomic E-state index is -3.44. The van der Waals surface area contributed by atoms with Crippen LogP contribution in [-0.4, -0.2) is 38.3 Å². The van der Waals surface area contributed by atoms with Crippen LogP contribution in [0.25, 0.3) is 0 Å². The standard InChI is InChI=1S/C23H28N2O3S/c1-23(2,3)19-8-6-17(7-9-19)22(26)25-15-12-18-16-20(10-11-21(18)25)29(27,28)24-13-4-5-14-24/h6-11,16H,4-5,12-15H2,1-3H3. The zero-order chi connectivity index (χ0) is 20.8. The third-order valence-corrected chi connectivity index (χ3v) is 7.79. The lowest BCUT2D eigenvalue weighted by Crippen LogP contribution is -2.29. The molecule has 0 bridgehead atoms. The van der Waals surface area contributed by atoms with Crippen LogP contribution in [0.4, 0.5) is 5.69 Å². The molecule has 0 atom stereocenters. The number of fused-ring (bicyclic) bond motifs is 1. The predicted molar refractivity (Wildman–Crippen MR) is 115 cm³/mol. The maximum atomic E-state index is 13.1. The Morgan fingerprint density at radius 3 is 2.21 bits per heavy atom.